The van der Waals surface area contributed by atoms with Gasteiger partial charge in [-0.15, -0.1) is 12.6 Å². The second-order valence-corrected chi connectivity index (χ2v) is 3.41. The second-order valence-electron chi connectivity index (χ2n) is 2.89. The number of rotatable bonds is 0. The first kappa shape index (κ1) is 15.0. The van der Waals surface area contributed by atoms with E-state index in [9.17, 15) is 0 Å². The van der Waals surface area contributed by atoms with Gasteiger partial charge in [0, 0.05) is 16.5 Å². The van der Waals surface area contributed by atoms with E-state index in [0.717, 1.165) is 10.4 Å². The highest BCUT2D eigenvalue weighted by Crippen LogP contribution is 2.16. The summed E-state index contributed by atoms with van der Waals surface area (Å²) in [6.07, 6.45) is 1.87. The molecule has 16 heavy (non-hydrogen) atoms. The van der Waals surface area contributed by atoms with Gasteiger partial charge in [-0.2, -0.15) is 0 Å². The maximum Gasteiger partial charge on any atom is 0.0713 e. The fourth-order valence-electron chi connectivity index (χ4n) is 1.22. The normalized spacial score (nSPS) is 8.62. The van der Waals surface area contributed by atoms with Crippen LogP contribution in [0.1, 0.15) is 33.3 Å². The van der Waals surface area contributed by atoms with E-state index in [-0.39, 0.29) is 0 Å². The molecule has 0 saturated carbocycles. The van der Waals surface area contributed by atoms with E-state index < -0.39 is 0 Å². The van der Waals surface area contributed by atoms with Crippen LogP contribution in [0.2, 0.25) is 0 Å². The minimum absolute atomic E-state index is 0.957. The van der Waals surface area contributed by atoms with Crippen molar-refractivity contribution in [2.45, 2.75) is 39.5 Å². The molecule has 0 N–H and O–H groups in total. The topological polar surface area (TPSA) is 12.9 Å². The monoisotopic (exact) mass is 235 g/mol. The Morgan fingerprint density at radius 1 is 1.00 bits per heavy atom. The molecule has 0 radical (unpaired) electrons. The van der Waals surface area contributed by atoms with Gasteiger partial charge in [0.05, 0.1) is 5.52 Å². The third-order valence-corrected chi connectivity index (χ3v) is 2.08. The fraction of sp³-hybridized carbons (Fsp3) is 0.357. The second kappa shape index (κ2) is 8.17. The molecule has 1 aromatic carbocycles. The Bertz CT molecular complexity index is 383. The minimum atomic E-state index is 0.957. The molecular weight excluding hydrogens is 214 g/mol. The summed E-state index contributed by atoms with van der Waals surface area (Å²) < 4.78 is 0. The first-order valence-corrected chi connectivity index (χ1v) is 6.26. The molecule has 0 unspecified atom stereocenters. The van der Waals surface area contributed by atoms with Gasteiger partial charge in [0.2, 0.25) is 0 Å². The van der Waals surface area contributed by atoms with E-state index in [1.165, 1.54) is 10.9 Å². The van der Waals surface area contributed by atoms with Crippen LogP contribution in [0.3, 0.4) is 0 Å². The molecule has 0 amide bonds. The van der Waals surface area contributed by atoms with Gasteiger partial charge >= 0.3 is 0 Å². The van der Waals surface area contributed by atoms with Crippen LogP contribution in [0.25, 0.3) is 10.9 Å². The standard InChI is InChI=1S/C10H9NS.2C2H6/c1-7-4-8-2-3-9(12)5-10(8)11-6-7;2*1-2/h2-6,12H,1H3;2*1-2H3. The van der Waals surface area contributed by atoms with E-state index in [0.29, 0.717) is 0 Å². The van der Waals surface area contributed by atoms with Crippen molar-refractivity contribution in [3.63, 3.8) is 0 Å². The van der Waals surface area contributed by atoms with Crippen LogP contribution in [0, 0.1) is 6.92 Å². The smallest absolute Gasteiger partial charge is 0.0713 e. The summed E-state index contributed by atoms with van der Waals surface area (Å²) >= 11 is 4.25. The predicted octanol–water partition coefficient (Wildman–Crippen LogP) is 4.88. The van der Waals surface area contributed by atoms with Gasteiger partial charge in [-0.25, -0.2) is 0 Å². The van der Waals surface area contributed by atoms with E-state index in [2.05, 4.69) is 23.7 Å². The number of hydrogen-bond donors (Lipinski definition) is 1. The van der Waals surface area contributed by atoms with Crippen molar-refractivity contribution in [3.05, 3.63) is 36.0 Å². The largest absolute Gasteiger partial charge is 0.256 e. The number of nitrogens with zero attached hydrogens (tertiary/aromatic N) is 1. The number of fused-ring (bicyclic) bond motifs is 1. The quantitative estimate of drug-likeness (QED) is 0.642. The number of aryl methyl sites for hydroxylation is 1. The van der Waals surface area contributed by atoms with E-state index in [1.54, 1.807) is 0 Å². The van der Waals surface area contributed by atoms with Crippen molar-refractivity contribution < 1.29 is 0 Å². The zero-order valence-corrected chi connectivity index (χ0v) is 11.7. The molecular formula is C14H21NS. The van der Waals surface area contributed by atoms with E-state index in [1.807, 2.05) is 59.0 Å². The van der Waals surface area contributed by atoms with Crippen molar-refractivity contribution in [1.82, 2.24) is 4.98 Å². The molecule has 0 aliphatic rings. The lowest BCUT2D eigenvalue weighted by Crippen LogP contribution is -1.80. The zero-order valence-electron chi connectivity index (χ0n) is 10.8. The van der Waals surface area contributed by atoms with Gasteiger partial charge in [0.15, 0.2) is 0 Å². The molecule has 0 bridgehead atoms. The Hall–Kier alpha value is -1.02. The van der Waals surface area contributed by atoms with E-state index in [4.69, 9.17) is 0 Å². The Balaban J connectivity index is 0.000000509. The van der Waals surface area contributed by atoms with Gasteiger partial charge in [-0.1, -0.05) is 33.8 Å². The molecule has 1 nitrogen and oxygen atoms in total. The lowest BCUT2D eigenvalue weighted by molar-refractivity contribution is 1.32. The summed E-state index contributed by atoms with van der Waals surface area (Å²) in [4.78, 5) is 5.25. The van der Waals surface area contributed by atoms with Crippen molar-refractivity contribution in [2.75, 3.05) is 0 Å². The van der Waals surface area contributed by atoms with Gasteiger partial charge < -0.3 is 0 Å². The summed E-state index contributed by atoms with van der Waals surface area (Å²) in [5.74, 6) is 0. The summed E-state index contributed by atoms with van der Waals surface area (Å²) in [7, 11) is 0. The van der Waals surface area contributed by atoms with Crippen LogP contribution in [0.4, 0.5) is 0 Å². The lowest BCUT2D eigenvalue weighted by Gasteiger charge is -1.98. The molecule has 1 heterocycles. The summed E-state index contributed by atoms with van der Waals surface area (Å²) in [6.45, 7) is 10.0. The molecule has 0 spiro atoms. The average Bonchev–Trinajstić information content (AvgIpc) is 2.35. The maximum absolute atomic E-state index is 4.29. The van der Waals surface area contributed by atoms with Crippen LogP contribution >= 0.6 is 12.6 Å². The Kier molecular flexibility index (Phi) is 7.65. The number of aromatic nitrogens is 1. The molecule has 0 aliphatic carbocycles. The Morgan fingerprint density at radius 2 is 1.62 bits per heavy atom. The third-order valence-electron chi connectivity index (χ3n) is 1.80. The van der Waals surface area contributed by atoms with Crippen molar-refractivity contribution >= 4 is 23.5 Å². The maximum atomic E-state index is 4.29. The highest BCUT2D eigenvalue weighted by molar-refractivity contribution is 7.80. The molecule has 0 aliphatic heterocycles. The van der Waals surface area contributed by atoms with Gasteiger partial charge in [-0.05, 0) is 30.7 Å². The Labute approximate surface area is 104 Å². The van der Waals surface area contributed by atoms with Gasteiger partial charge in [0.1, 0.15) is 0 Å². The van der Waals surface area contributed by atoms with Gasteiger partial charge in [-0.3, -0.25) is 4.98 Å². The molecule has 1 aromatic heterocycles. The highest BCUT2D eigenvalue weighted by Gasteiger charge is 1.94. The first-order chi connectivity index (χ1) is 7.75. The number of hydrogen-bond acceptors (Lipinski definition) is 2. The van der Waals surface area contributed by atoms with Gasteiger partial charge in [0.25, 0.3) is 0 Å². The molecule has 88 valence electrons. The SMILES string of the molecule is CC.CC.Cc1cnc2cc(S)ccc2c1. The molecule has 2 rings (SSSR count). The molecule has 2 aromatic rings. The number of benzene rings is 1. The highest BCUT2D eigenvalue weighted by atomic mass is 32.1. The lowest BCUT2D eigenvalue weighted by atomic mass is 10.2. The molecule has 0 fully saturated rings. The predicted molar refractivity (Wildman–Crippen MR) is 76.4 cm³/mol. The Morgan fingerprint density at radius 3 is 2.25 bits per heavy atom. The van der Waals surface area contributed by atoms with Crippen LogP contribution in [-0.2, 0) is 0 Å². The molecule has 0 atom stereocenters. The third kappa shape index (κ3) is 4.23. The number of thiol groups is 1. The first-order valence-electron chi connectivity index (χ1n) is 5.81. The summed E-state index contributed by atoms with van der Waals surface area (Å²) in [5, 5.41) is 1.17. The summed E-state index contributed by atoms with van der Waals surface area (Å²) in [5.41, 5.74) is 2.20. The van der Waals surface area contributed by atoms with Crippen molar-refractivity contribution in [3.8, 4) is 0 Å². The molecule has 0 saturated heterocycles. The van der Waals surface area contributed by atoms with Crippen LogP contribution < -0.4 is 0 Å². The molecule has 2 heteroatoms. The number of pyridine rings is 1. The zero-order chi connectivity index (χ0) is 12.6. The van der Waals surface area contributed by atoms with Crippen LogP contribution in [-0.4, -0.2) is 4.98 Å². The van der Waals surface area contributed by atoms with Crippen molar-refractivity contribution in [1.29, 1.82) is 0 Å². The van der Waals surface area contributed by atoms with Crippen LogP contribution in [0.15, 0.2) is 35.4 Å². The van der Waals surface area contributed by atoms with Crippen molar-refractivity contribution in [2.24, 2.45) is 0 Å². The minimum Gasteiger partial charge on any atom is -0.256 e. The van der Waals surface area contributed by atoms with E-state index >= 15 is 0 Å². The summed E-state index contributed by atoms with van der Waals surface area (Å²) in [6, 6.07) is 8.11. The fourth-order valence-corrected chi connectivity index (χ4v) is 1.42. The average molecular weight is 235 g/mol. The van der Waals surface area contributed by atoms with Crippen LogP contribution in [0.5, 0.6) is 0 Å².